The van der Waals surface area contributed by atoms with Gasteiger partial charge in [-0.15, -0.1) is 0 Å². The Hall–Kier alpha value is -2.74. The smallest absolute Gasteiger partial charge is 0.253 e. The number of benzene rings is 1. The fraction of sp³-hybridized carbons (Fsp3) is 0.524. The average molecular weight is 399 g/mol. The molecule has 2 unspecified atom stereocenters. The topological polar surface area (TPSA) is 108 Å². The molecule has 0 bridgehead atoms. The number of nitrogens with one attached hydrogen (secondary N) is 1. The largest absolute Gasteiger partial charge is 0.349 e. The number of carbonyl (C=O) groups is 3. The lowest BCUT2D eigenvalue weighted by atomic mass is 9.90. The van der Waals surface area contributed by atoms with Crippen LogP contribution in [0.15, 0.2) is 29.4 Å². The monoisotopic (exact) mass is 399 g/mol. The van der Waals surface area contributed by atoms with E-state index in [0.717, 1.165) is 18.6 Å². The molecule has 0 aliphatic carbocycles. The first-order chi connectivity index (χ1) is 13.8. The number of hydrazone groups is 1. The molecule has 156 valence electrons. The zero-order valence-electron chi connectivity index (χ0n) is 17.2. The lowest BCUT2D eigenvalue weighted by Crippen LogP contribution is -2.49. The second-order valence-corrected chi connectivity index (χ2v) is 7.98. The molecule has 3 amide bonds. The van der Waals surface area contributed by atoms with Crippen molar-refractivity contribution in [2.75, 3.05) is 18.1 Å². The van der Waals surface area contributed by atoms with Crippen LogP contribution in [0.2, 0.25) is 0 Å². The Bertz CT molecular complexity index is 810. The Labute approximate surface area is 171 Å². The fourth-order valence-corrected chi connectivity index (χ4v) is 3.83. The van der Waals surface area contributed by atoms with E-state index in [9.17, 15) is 14.4 Å². The van der Waals surface area contributed by atoms with Gasteiger partial charge in [0.25, 0.3) is 11.8 Å². The molecule has 8 heteroatoms. The summed E-state index contributed by atoms with van der Waals surface area (Å²) in [6.45, 7) is 6.86. The van der Waals surface area contributed by atoms with Crippen LogP contribution in [0, 0.1) is 5.92 Å². The molecule has 1 fully saturated rings. The minimum absolute atomic E-state index is 0.00198. The van der Waals surface area contributed by atoms with Gasteiger partial charge in [0, 0.05) is 30.4 Å². The number of likely N-dealkylation sites (tertiary alicyclic amines) is 1. The SMILES string of the molecule is CC1=NN(c2ccc(C(=O)NC(C)C3CCN(C(=O)C(C)N)CC3)cc2)C(=O)C1. The van der Waals surface area contributed by atoms with Gasteiger partial charge in [0.2, 0.25) is 5.91 Å². The zero-order chi connectivity index (χ0) is 21.1. The van der Waals surface area contributed by atoms with Gasteiger partial charge < -0.3 is 16.0 Å². The number of hydrogen-bond acceptors (Lipinski definition) is 5. The summed E-state index contributed by atoms with van der Waals surface area (Å²) in [4.78, 5) is 38.3. The van der Waals surface area contributed by atoms with Gasteiger partial charge in [-0.1, -0.05) is 0 Å². The number of anilines is 1. The van der Waals surface area contributed by atoms with Crippen molar-refractivity contribution in [3.63, 3.8) is 0 Å². The molecule has 2 atom stereocenters. The van der Waals surface area contributed by atoms with Crippen molar-refractivity contribution in [2.24, 2.45) is 16.8 Å². The maximum atomic E-state index is 12.6. The van der Waals surface area contributed by atoms with E-state index in [2.05, 4.69) is 10.4 Å². The van der Waals surface area contributed by atoms with Gasteiger partial charge in [0.15, 0.2) is 0 Å². The van der Waals surface area contributed by atoms with Crippen LogP contribution in [0.3, 0.4) is 0 Å². The van der Waals surface area contributed by atoms with E-state index >= 15 is 0 Å². The Morgan fingerprint density at radius 3 is 2.31 bits per heavy atom. The van der Waals surface area contributed by atoms with Crippen LogP contribution >= 0.6 is 0 Å². The lowest BCUT2D eigenvalue weighted by Gasteiger charge is -2.35. The average Bonchev–Trinajstić information content (AvgIpc) is 3.05. The molecule has 0 saturated carbocycles. The van der Waals surface area contributed by atoms with E-state index < -0.39 is 6.04 Å². The Kier molecular flexibility index (Phi) is 6.32. The molecule has 2 aliphatic heterocycles. The number of nitrogens with two attached hydrogens (primary N) is 1. The van der Waals surface area contributed by atoms with E-state index in [0.29, 0.717) is 36.7 Å². The standard InChI is InChI=1S/C21H29N5O3/c1-13-12-19(27)26(24-13)18-6-4-17(5-7-18)20(28)23-15(3)16-8-10-25(11-9-16)21(29)14(2)22/h4-7,14-16H,8-12,22H2,1-3H3,(H,23,28). The minimum Gasteiger partial charge on any atom is -0.349 e. The van der Waals surface area contributed by atoms with Crippen molar-refractivity contribution in [3.05, 3.63) is 29.8 Å². The summed E-state index contributed by atoms with van der Waals surface area (Å²) in [7, 11) is 0. The van der Waals surface area contributed by atoms with E-state index in [4.69, 9.17) is 5.73 Å². The summed E-state index contributed by atoms with van der Waals surface area (Å²) >= 11 is 0. The third-order valence-corrected chi connectivity index (χ3v) is 5.59. The third kappa shape index (κ3) is 4.82. The highest BCUT2D eigenvalue weighted by atomic mass is 16.2. The number of carbonyl (C=O) groups excluding carboxylic acids is 3. The van der Waals surface area contributed by atoms with Crippen LogP contribution in [0.25, 0.3) is 0 Å². The van der Waals surface area contributed by atoms with Crippen LogP contribution < -0.4 is 16.1 Å². The number of rotatable bonds is 5. The Morgan fingerprint density at radius 1 is 1.17 bits per heavy atom. The Balaban J connectivity index is 1.54. The van der Waals surface area contributed by atoms with Gasteiger partial charge in [-0.2, -0.15) is 5.10 Å². The number of nitrogens with zero attached hydrogens (tertiary/aromatic N) is 3. The van der Waals surface area contributed by atoms with Gasteiger partial charge in [-0.3, -0.25) is 14.4 Å². The van der Waals surface area contributed by atoms with Crippen molar-refractivity contribution in [1.29, 1.82) is 0 Å². The van der Waals surface area contributed by atoms with Crippen molar-refractivity contribution in [2.45, 2.75) is 52.1 Å². The summed E-state index contributed by atoms with van der Waals surface area (Å²) in [5, 5.41) is 8.65. The van der Waals surface area contributed by atoms with Crippen LogP contribution in [-0.2, 0) is 9.59 Å². The predicted octanol–water partition coefficient (Wildman–Crippen LogP) is 1.50. The molecule has 0 spiro atoms. The van der Waals surface area contributed by atoms with Crippen molar-refractivity contribution in [3.8, 4) is 0 Å². The van der Waals surface area contributed by atoms with Gasteiger partial charge in [-0.25, -0.2) is 5.01 Å². The maximum Gasteiger partial charge on any atom is 0.253 e. The molecule has 1 aromatic rings. The van der Waals surface area contributed by atoms with Crippen LogP contribution in [-0.4, -0.2) is 53.5 Å². The second kappa shape index (κ2) is 8.73. The first-order valence-electron chi connectivity index (χ1n) is 10.1. The number of piperidine rings is 1. The first kappa shape index (κ1) is 21.0. The van der Waals surface area contributed by atoms with E-state index in [1.165, 1.54) is 5.01 Å². The molecule has 2 heterocycles. The van der Waals surface area contributed by atoms with Crippen LogP contribution in [0.4, 0.5) is 5.69 Å². The summed E-state index contributed by atoms with van der Waals surface area (Å²) in [5.74, 6) is 0.0823. The van der Waals surface area contributed by atoms with Crippen molar-refractivity contribution >= 4 is 29.1 Å². The molecule has 3 N–H and O–H groups in total. The molecule has 2 aliphatic rings. The van der Waals surface area contributed by atoms with Gasteiger partial charge >= 0.3 is 0 Å². The van der Waals surface area contributed by atoms with E-state index in [-0.39, 0.29) is 23.8 Å². The second-order valence-electron chi connectivity index (χ2n) is 7.98. The van der Waals surface area contributed by atoms with Crippen LogP contribution in [0.1, 0.15) is 50.4 Å². The number of hydrogen-bond donors (Lipinski definition) is 2. The van der Waals surface area contributed by atoms with Crippen LogP contribution in [0.5, 0.6) is 0 Å². The molecular weight excluding hydrogens is 370 g/mol. The zero-order valence-corrected chi connectivity index (χ0v) is 17.2. The molecule has 3 rings (SSSR count). The molecule has 0 radical (unpaired) electrons. The summed E-state index contributed by atoms with van der Waals surface area (Å²) in [6.07, 6.45) is 2.01. The summed E-state index contributed by atoms with van der Waals surface area (Å²) < 4.78 is 0. The van der Waals surface area contributed by atoms with Gasteiger partial charge in [0.05, 0.1) is 18.2 Å². The summed E-state index contributed by atoms with van der Waals surface area (Å²) in [6, 6.07) is 6.41. The molecule has 1 aromatic carbocycles. The summed E-state index contributed by atoms with van der Waals surface area (Å²) in [5.41, 5.74) is 7.65. The quantitative estimate of drug-likeness (QED) is 0.782. The van der Waals surface area contributed by atoms with E-state index in [1.54, 1.807) is 36.1 Å². The highest BCUT2D eigenvalue weighted by Crippen LogP contribution is 2.23. The van der Waals surface area contributed by atoms with Crippen molar-refractivity contribution < 1.29 is 14.4 Å². The van der Waals surface area contributed by atoms with Crippen molar-refractivity contribution in [1.82, 2.24) is 10.2 Å². The molecule has 8 nitrogen and oxygen atoms in total. The highest BCUT2D eigenvalue weighted by molar-refractivity contribution is 6.12. The van der Waals surface area contributed by atoms with E-state index in [1.807, 2.05) is 13.8 Å². The third-order valence-electron chi connectivity index (χ3n) is 5.59. The molecule has 1 saturated heterocycles. The Morgan fingerprint density at radius 2 is 1.79 bits per heavy atom. The predicted molar refractivity (Wildman–Crippen MR) is 112 cm³/mol. The highest BCUT2D eigenvalue weighted by Gasteiger charge is 2.28. The fourth-order valence-electron chi connectivity index (χ4n) is 3.83. The number of amides is 3. The molecule has 0 aromatic heterocycles. The minimum atomic E-state index is -0.475. The first-order valence-corrected chi connectivity index (χ1v) is 10.1. The molecular formula is C21H29N5O3. The van der Waals surface area contributed by atoms with Gasteiger partial charge in [-0.05, 0) is 63.8 Å². The van der Waals surface area contributed by atoms with Gasteiger partial charge in [0.1, 0.15) is 0 Å². The normalized spacial score (nSPS) is 19.7. The maximum absolute atomic E-state index is 12.6. The lowest BCUT2D eigenvalue weighted by molar-refractivity contribution is -0.133. The molecule has 29 heavy (non-hydrogen) atoms.